The Morgan fingerprint density at radius 2 is 2.31 bits per heavy atom. The Morgan fingerprint density at radius 3 is 2.94 bits per heavy atom. The van der Waals surface area contributed by atoms with E-state index in [0.29, 0.717) is 11.5 Å². The smallest absolute Gasteiger partial charge is 0.118 e. The first kappa shape index (κ1) is 9.63. The molecule has 1 aromatic heterocycles. The molecule has 1 aromatic rings. The van der Waals surface area contributed by atoms with E-state index in [0.717, 1.165) is 6.61 Å². The van der Waals surface area contributed by atoms with Gasteiger partial charge in [-0.15, -0.1) is 11.3 Å². The van der Waals surface area contributed by atoms with Gasteiger partial charge in [-0.1, -0.05) is 0 Å². The van der Waals surface area contributed by atoms with Crippen molar-refractivity contribution in [3.63, 3.8) is 0 Å². The van der Waals surface area contributed by atoms with Crippen molar-refractivity contribution in [1.29, 1.82) is 0 Å². The van der Waals surface area contributed by atoms with Crippen LogP contribution in [0.25, 0.3) is 0 Å². The highest BCUT2D eigenvalue weighted by Crippen LogP contribution is 2.60. The summed E-state index contributed by atoms with van der Waals surface area (Å²) >= 11 is 1.90. The minimum Gasteiger partial charge on any atom is -0.367 e. The van der Waals surface area contributed by atoms with Crippen molar-refractivity contribution < 1.29 is 4.74 Å². The van der Waals surface area contributed by atoms with Crippen LogP contribution in [-0.2, 0) is 15.8 Å². The van der Waals surface area contributed by atoms with Crippen LogP contribution >= 0.6 is 11.3 Å². The van der Waals surface area contributed by atoms with Gasteiger partial charge in [-0.2, -0.15) is 0 Å². The van der Waals surface area contributed by atoms with Crippen LogP contribution in [0.3, 0.4) is 0 Å². The van der Waals surface area contributed by atoms with Gasteiger partial charge in [-0.3, -0.25) is 0 Å². The van der Waals surface area contributed by atoms with Crippen molar-refractivity contribution in [2.45, 2.75) is 42.7 Å². The van der Waals surface area contributed by atoms with Gasteiger partial charge in [0.1, 0.15) is 5.60 Å². The highest BCUT2D eigenvalue weighted by molar-refractivity contribution is 7.10. The van der Waals surface area contributed by atoms with E-state index in [1.165, 1.54) is 30.6 Å². The molecule has 3 heteroatoms. The van der Waals surface area contributed by atoms with Crippen molar-refractivity contribution in [3.8, 4) is 0 Å². The van der Waals surface area contributed by atoms with Gasteiger partial charge in [0.15, 0.2) is 0 Å². The van der Waals surface area contributed by atoms with Gasteiger partial charge in [0.2, 0.25) is 0 Å². The van der Waals surface area contributed by atoms with E-state index in [2.05, 4.69) is 23.8 Å². The molecular formula is C13H17NOS. The molecular weight excluding hydrogens is 218 g/mol. The molecule has 2 heterocycles. The lowest BCUT2D eigenvalue weighted by molar-refractivity contribution is -0.145. The number of likely N-dealkylation sites (N-methyl/N-ethyl adjacent to an activating group) is 1. The third-order valence-corrected chi connectivity index (χ3v) is 5.87. The molecule has 86 valence electrons. The molecule has 4 rings (SSSR count). The molecule has 16 heavy (non-hydrogen) atoms. The molecule has 1 N–H and O–H groups in total. The van der Waals surface area contributed by atoms with E-state index in [-0.39, 0.29) is 5.60 Å². The van der Waals surface area contributed by atoms with Gasteiger partial charge < -0.3 is 10.1 Å². The van der Waals surface area contributed by atoms with Crippen molar-refractivity contribution >= 4 is 11.3 Å². The van der Waals surface area contributed by atoms with E-state index >= 15 is 0 Å². The second-order valence-electron chi connectivity index (χ2n) is 5.50. The van der Waals surface area contributed by atoms with Gasteiger partial charge in [0, 0.05) is 16.3 Å². The van der Waals surface area contributed by atoms with Crippen LogP contribution in [0.5, 0.6) is 0 Å². The third-order valence-electron chi connectivity index (χ3n) is 4.80. The molecule has 0 aromatic carbocycles. The van der Waals surface area contributed by atoms with Crippen LogP contribution < -0.4 is 5.32 Å². The molecule has 0 amide bonds. The number of ether oxygens (including phenoxy) is 1. The fraction of sp³-hybridized carbons (Fsp3) is 0.692. The van der Waals surface area contributed by atoms with E-state index in [4.69, 9.17) is 4.74 Å². The standard InChI is InChI=1S/C13H17NOS/c1-14-10-2-4-13(10)11-9(3-7-16-11)12(5-6-12)8-15-13/h3,7,10,14H,2,4-6,8H2,1H3/t10-,13+/m1/s1. The molecule has 2 spiro atoms. The Bertz CT molecular complexity index is 435. The number of rotatable bonds is 1. The van der Waals surface area contributed by atoms with Crippen LogP contribution in [0.1, 0.15) is 36.1 Å². The Labute approximate surface area is 100 Å². The summed E-state index contributed by atoms with van der Waals surface area (Å²) in [5, 5.41) is 5.68. The summed E-state index contributed by atoms with van der Waals surface area (Å²) in [5.74, 6) is 0. The number of hydrogen-bond donors (Lipinski definition) is 1. The summed E-state index contributed by atoms with van der Waals surface area (Å²) < 4.78 is 6.32. The monoisotopic (exact) mass is 235 g/mol. The van der Waals surface area contributed by atoms with Gasteiger partial charge in [-0.05, 0) is 49.7 Å². The first-order valence-electron chi connectivity index (χ1n) is 6.20. The molecule has 0 radical (unpaired) electrons. The first-order chi connectivity index (χ1) is 7.81. The number of hydrogen-bond acceptors (Lipinski definition) is 3. The lowest BCUT2D eigenvalue weighted by Gasteiger charge is -2.52. The molecule has 0 unspecified atom stereocenters. The average Bonchev–Trinajstić information content (AvgIpc) is 2.86. The molecule has 2 fully saturated rings. The van der Waals surface area contributed by atoms with Gasteiger partial charge in [-0.25, -0.2) is 0 Å². The minimum absolute atomic E-state index is 0.0338. The number of thiophene rings is 1. The lowest BCUT2D eigenvalue weighted by Crippen LogP contribution is -2.59. The Hall–Kier alpha value is -0.380. The molecule has 0 saturated heterocycles. The fourth-order valence-electron chi connectivity index (χ4n) is 3.40. The zero-order chi connectivity index (χ0) is 10.8. The predicted octanol–water partition coefficient (Wildman–Crippen LogP) is 2.39. The summed E-state index contributed by atoms with van der Waals surface area (Å²) in [5.41, 5.74) is 2.07. The highest BCUT2D eigenvalue weighted by Gasteiger charge is 2.59. The Morgan fingerprint density at radius 1 is 1.44 bits per heavy atom. The minimum atomic E-state index is 0.0338. The van der Waals surface area contributed by atoms with Crippen molar-refractivity contribution in [2.24, 2.45) is 0 Å². The Balaban J connectivity index is 1.83. The highest BCUT2D eigenvalue weighted by atomic mass is 32.1. The number of nitrogens with one attached hydrogen (secondary N) is 1. The van der Waals surface area contributed by atoms with Gasteiger partial charge >= 0.3 is 0 Å². The third kappa shape index (κ3) is 0.957. The maximum Gasteiger partial charge on any atom is 0.118 e. The van der Waals surface area contributed by atoms with Crippen molar-refractivity contribution in [3.05, 3.63) is 21.9 Å². The predicted molar refractivity (Wildman–Crippen MR) is 64.9 cm³/mol. The van der Waals surface area contributed by atoms with Crippen LogP contribution in [0.15, 0.2) is 11.4 Å². The van der Waals surface area contributed by atoms with Crippen LogP contribution in [0.2, 0.25) is 0 Å². The maximum absolute atomic E-state index is 6.32. The largest absolute Gasteiger partial charge is 0.367 e. The zero-order valence-corrected chi connectivity index (χ0v) is 10.4. The summed E-state index contributed by atoms with van der Waals surface area (Å²) in [6.45, 7) is 0.953. The normalized spacial score (nSPS) is 38.4. The van der Waals surface area contributed by atoms with Crippen LogP contribution in [0, 0.1) is 0 Å². The van der Waals surface area contributed by atoms with Crippen molar-refractivity contribution in [1.82, 2.24) is 5.32 Å². The van der Waals surface area contributed by atoms with Crippen LogP contribution in [-0.4, -0.2) is 19.7 Å². The van der Waals surface area contributed by atoms with E-state index in [1.54, 1.807) is 5.56 Å². The molecule has 2 saturated carbocycles. The summed E-state index contributed by atoms with van der Waals surface area (Å²) in [7, 11) is 2.06. The van der Waals surface area contributed by atoms with E-state index < -0.39 is 0 Å². The lowest BCUT2D eigenvalue weighted by atomic mass is 9.69. The summed E-state index contributed by atoms with van der Waals surface area (Å²) in [4.78, 5) is 1.53. The molecule has 2 atom stereocenters. The average molecular weight is 235 g/mol. The van der Waals surface area contributed by atoms with E-state index in [1.807, 2.05) is 11.3 Å². The number of fused-ring (bicyclic) bond motifs is 3. The second-order valence-corrected chi connectivity index (χ2v) is 6.42. The first-order valence-corrected chi connectivity index (χ1v) is 7.08. The van der Waals surface area contributed by atoms with Gasteiger partial charge in [0.25, 0.3) is 0 Å². The second kappa shape index (κ2) is 2.89. The molecule has 1 aliphatic heterocycles. The molecule has 2 aliphatic carbocycles. The molecule has 2 nitrogen and oxygen atoms in total. The summed E-state index contributed by atoms with van der Waals surface area (Å²) in [6.07, 6.45) is 5.11. The SMILES string of the molecule is CN[C@@H]1CC[C@]12OCC1(CC1)c1ccsc12. The molecule has 3 aliphatic rings. The zero-order valence-electron chi connectivity index (χ0n) is 9.58. The van der Waals surface area contributed by atoms with E-state index in [9.17, 15) is 0 Å². The topological polar surface area (TPSA) is 21.3 Å². The maximum atomic E-state index is 6.32. The van der Waals surface area contributed by atoms with Gasteiger partial charge in [0.05, 0.1) is 6.61 Å². The van der Waals surface area contributed by atoms with Crippen LogP contribution in [0.4, 0.5) is 0 Å². The fourth-order valence-corrected chi connectivity index (χ4v) is 4.66. The molecule has 0 bridgehead atoms. The van der Waals surface area contributed by atoms with Crippen molar-refractivity contribution in [2.75, 3.05) is 13.7 Å². The quantitative estimate of drug-likeness (QED) is 0.807. The Kier molecular flexibility index (Phi) is 1.74. The summed E-state index contributed by atoms with van der Waals surface area (Å²) in [6, 6.07) is 2.88.